The van der Waals surface area contributed by atoms with Gasteiger partial charge in [0.15, 0.2) is 0 Å². The van der Waals surface area contributed by atoms with E-state index < -0.39 is 0 Å². The Morgan fingerprint density at radius 1 is 0.923 bits per heavy atom. The summed E-state index contributed by atoms with van der Waals surface area (Å²) in [7, 11) is 0. The quantitative estimate of drug-likeness (QED) is 0.620. The molecule has 1 radical (unpaired) electrons. The normalized spacial score (nSPS) is 10.6. The van der Waals surface area contributed by atoms with Gasteiger partial charge >= 0.3 is 0 Å². The van der Waals surface area contributed by atoms with Crippen LogP contribution in [0.5, 0.6) is 5.75 Å². The van der Waals surface area contributed by atoms with Crippen molar-refractivity contribution in [3.63, 3.8) is 0 Å². The van der Waals surface area contributed by atoms with Gasteiger partial charge in [-0.05, 0) is 6.07 Å². The average Bonchev–Trinajstić information content (AvgIpc) is 2.15. The van der Waals surface area contributed by atoms with Gasteiger partial charge in [-0.2, -0.15) is 0 Å². The first-order chi connectivity index (χ1) is 6.20. The molecule has 1 nitrogen and oxygen atoms in total. The summed E-state index contributed by atoms with van der Waals surface area (Å²) in [5.41, 5.74) is 0. The lowest BCUT2D eigenvalue weighted by Crippen LogP contribution is -1.75. The van der Waals surface area contributed by atoms with E-state index in [-0.39, 0.29) is 10.8 Å². The minimum atomic E-state index is -0.165. The van der Waals surface area contributed by atoms with Crippen molar-refractivity contribution in [1.82, 2.24) is 0 Å². The molecule has 3 heteroatoms. The van der Waals surface area contributed by atoms with Crippen LogP contribution in [0.25, 0.3) is 10.8 Å². The van der Waals surface area contributed by atoms with Gasteiger partial charge in [-0.1, -0.05) is 47.5 Å². The van der Waals surface area contributed by atoms with E-state index in [0.717, 1.165) is 5.39 Å². The highest BCUT2D eigenvalue weighted by Crippen LogP contribution is 2.37. The van der Waals surface area contributed by atoms with E-state index in [1.165, 1.54) is 6.07 Å². The molecular weight excluding hydrogens is 207 g/mol. The van der Waals surface area contributed by atoms with Crippen LogP contribution in [-0.4, -0.2) is 0 Å². The minimum absolute atomic E-state index is 0.165. The van der Waals surface area contributed by atoms with Crippen molar-refractivity contribution in [3.05, 3.63) is 40.4 Å². The molecule has 0 heterocycles. The Morgan fingerprint density at radius 2 is 1.54 bits per heavy atom. The molecule has 0 bridgehead atoms. The zero-order valence-electron chi connectivity index (χ0n) is 6.55. The Labute approximate surface area is 85.5 Å². The van der Waals surface area contributed by atoms with Crippen LogP contribution >= 0.6 is 23.2 Å². The molecule has 2 rings (SSSR count). The van der Waals surface area contributed by atoms with Gasteiger partial charge in [0, 0.05) is 10.8 Å². The van der Waals surface area contributed by atoms with E-state index in [1.807, 2.05) is 6.07 Å². The van der Waals surface area contributed by atoms with Crippen LogP contribution in [0.15, 0.2) is 30.3 Å². The molecule has 0 saturated carbocycles. The summed E-state index contributed by atoms with van der Waals surface area (Å²) in [6, 6.07) is 8.62. The van der Waals surface area contributed by atoms with E-state index in [2.05, 4.69) is 0 Å². The second-order valence-corrected chi connectivity index (χ2v) is 3.53. The number of benzene rings is 2. The Hall–Kier alpha value is -0.920. The third kappa shape index (κ3) is 1.34. The Bertz CT molecular complexity index is 466. The van der Waals surface area contributed by atoms with Crippen LogP contribution in [0, 0.1) is 0 Å². The van der Waals surface area contributed by atoms with Crippen molar-refractivity contribution in [1.29, 1.82) is 0 Å². The molecule has 2 aromatic carbocycles. The van der Waals surface area contributed by atoms with Crippen LogP contribution in [-0.2, 0) is 5.11 Å². The third-order valence-electron chi connectivity index (χ3n) is 1.90. The number of hydrogen-bond acceptors (Lipinski definition) is 0. The number of rotatable bonds is 0. The second kappa shape index (κ2) is 3.09. The van der Waals surface area contributed by atoms with Crippen LogP contribution in [0.1, 0.15) is 0 Å². The van der Waals surface area contributed by atoms with Crippen LogP contribution in [0.4, 0.5) is 0 Å². The summed E-state index contributed by atoms with van der Waals surface area (Å²) >= 11 is 11.6. The number of halogens is 2. The van der Waals surface area contributed by atoms with E-state index >= 15 is 0 Å². The summed E-state index contributed by atoms with van der Waals surface area (Å²) in [6.07, 6.45) is 0. The number of hydrogen-bond donors (Lipinski definition) is 0. The summed E-state index contributed by atoms with van der Waals surface area (Å²) < 4.78 is 0. The molecular formula is C10H5Cl2O. The van der Waals surface area contributed by atoms with Gasteiger partial charge in [0.05, 0.1) is 10.0 Å². The zero-order valence-corrected chi connectivity index (χ0v) is 8.06. The summed E-state index contributed by atoms with van der Waals surface area (Å²) in [5.74, 6) is -0.165. The number of fused-ring (bicyclic) bond motifs is 1. The highest BCUT2D eigenvalue weighted by Gasteiger charge is 2.09. The van der Waals surface area contributed by atoms with Crippen molar-refractivity contribution in [2.75, 3.05) is 0 Å². The fraction of sp³-hybridized carbons (Fsp3) is 0. The smallest absolute Gasteiger partial charge is 0.205 e. The monoisotopic (exact) mass is 211 g/mol. The minimum Gasteiger partial charge on any atom is -0.288 e. The fourth-order valence-corrected chi connectivity index (χ4v) is 1.81. The SMILES string of the molecule is [O]c1c(Cl)cc(Cl)c2ccccc12. The molecule has 13 heavy (non-hydrogen) atoms. The first-order valence-electron chi connectivity index (χ1n) is 3.74. The van der Waals surface area contributed by atoms with Gasteiger partial charge in [0.25, 0.3) is 0 Å². The average molecular weight is 212 g/mol. The molecule has 0 spiro atoms. The van der Waals surface area contributed by atoms with Gasteiger partial charge in [0.1, 0.15) is 0 Å². The highest BCUT2D eigenvalue weighted by atomic mass is 35.5. The van der Waals surface area contributed by atoms with Crippen LogP contribution in [0.3, 0.4) is 0 Å². The molecule has 0 aromatic heterocycles. The van der Waals surface area contributed by atoms with E-state index in [9.17, 15) is 5.11 Å². The maximum Gasteiger partial charge on any atom is 0.205 e. The van der Waals surface area contributed by atoms with E-state index in [4.69, 9.17) is 23.2 Å². The van der Waals surface area contributed by atoms with Gasteiger partial charge in [0.2, 0.25) is 5.75 Å². The predicted molar refractivity (Wildman–Crippen MR) is 54.1 cm³/mol. The van der Waals surface area contributed by atoms with Crippen molar-refractivity contribution in [2.45, 2.75) is 0 Å². The molecule has 0 amide bonds. The van der Waals surface area contributed by atoms with Crippen LogP contribution < -0.4 is 0 Å². The maximum absolute atomic E-state index is 11.5. The van der Waals surface area contributed by atoms with Gasteiger partial charge < -0.3 is 0 Å². The van der Waals surface area contributed by atoms with Crippen molar-refractivity contribution < 1.29 is 5.11 Å². The molecule has 0 saturated heterocycles. The lowest BCUT2D eigenvalue weighted by atomic mass is 10.1. The largest absolute Gasteiger partial charge is 0.288 e. The van der Waals surface area contributed by atoms with E-state index in [1.54, 1.807) is 18.2 Å². The van der Waals surface area contributed by atoms with Gasteiger partial charge in [-0.3, -0.25) is 5.11 Å². The molecule has 0 aliphatic carbocycles. The molecule has 0 atom stereocenters. The van der Waals surface area contributed by atoms with Crippen LogP contribution in [0.2, 0.25) is 10.0 Å². The Kier molecular flexibility index (Phi) is 2.06. The maximum atomic E-state index is 11.5. The summed E-state index contributed by atoms with van der Waals surface area (Å²) in [4.78, 5) is 0. The molecule has 2 aromatic rings. The standard InChI is InChI=1S/C10H5Cl2O/c11-8-5-9(12)10(13)7-4-2-1-3-6(7)8/h1-5H. The lowest BCUT2D eigenvalue weighted by Gasteiger charge is -2.02. The van der Waals surface area contributed by atoms with Crippen molar-refractivity contribution in [3.8, 4) is 5.75 Å². The molecule has 0 N–H and O–H groups in total. The molecule has 0 fully saturated rings. The predicted octanol–water partition coefficient (Wildman–Crippen LogP) is 4.29. The Morgan fingerprint density at radius 3 is 2.23 bits per heavy atom. The highest BCUT2D eigenvalue weighted by molar-refractivity contribution is 6.39. The molecule has 0 aliphatic rings. The first kappa shape index (κ1) is 8.67. The third-order valence-corrected chi connectivity index (χ3v) is 2.49. The molecule has 0 aliphatic heterocycles. The first-order valence-corrected chi connectivity index (χ1v) is 4.49. The van der Waals surface area contributed by atoms with Gasteiger partial charge in [-0.25, -0.2) is 0 Å². The van der Waals surface area contributed by atoms with E-state index in [0.29, 0.717) is 10.4 Å². The summed E-state index contributed by atoms with van der Waals surface area (Å²) in [6.45, 7) is 0. The Balaban J connectivity index is 2.97. The van der Waals surface area contributed by atoms with Crippen molar-refractivity contribution >= 4 is 34.0 Å². The zero-order chi connectivity index (χ0) is 9.42. The lowest BCUT2D eigenvalue weighted by molar-refractivity contribution is 0.360. The molecule has 0 unspecified atom stereocenters. The topological polar surface area (TPSA) is 19.9 Å². The van der Waals surface area contributed by atoms with Gasteiger partial charge in [-0.15, -0.1) is 0 Å². The van der Waals surface area contributed by atoms with Crippen molar-refractivity contribution in [2.24, 2.45) is 0 Å². The second-order valence-electron chi connectivity index (χ2n) is 2.71. The molecule has 65 valence electrons. The fourth-order valence-electron chi connectivity index (χ4n) is 1.27. The summed E-state index contributed by atoms with van der Waals surface area (Å²) in [5, 5.41) is 13.5.